The van der Waals surface area contributed by atoms with E-state index in [2.05, 4.69) is 10.6 Å². The largest absolute Gasteiger partial charge is 0.352 e. The number of carbonyl (C=O) groups excluding carboxylic acids is 2. The molecule has 1 aliphatic carbocycles. The molecule has 0 aliphatic heterocycles. The summed E-state index contributed by atoms with van der Waals surface area (Å²) in [6.07, 6.45) is 2.52. The molecule has 1 saturated carbocycles. The first-order chi connectivity index (χ1) is 9.15. The Kier molecular flexibility index (Phi) is 4.55. The Balaban J connectivity index is 1.70. The summed E-state index contributed by atoms with van der Waals surface area (Å²) in [5, 5.41) is 5.51. The number of nitrogens with one attached hydrogen (secondary N) is 2. The van der Waals surface area contributed by atoms with E-state index in [1.807, 2.05) is 37.3 Å². The van der Waals surface area contributed by atoms with Crippen molar-refractivity contribution in [2.75, 3.05) is 6.54 Å². The Labute approximate surface area is 113 Å². The summed E-state index contributed by atoms with van der Waals surface area (Å²) in [4.78, 5) is 23.2. The highest BCUT2D eigenvalue weighted by Gasteiger charge is 2.23. The fourth-order valence-electron chi connectivity index (χ4n) is 1.93. The first-order valence-electron chi connectivity index (χ1n) is 6.76. The molecule has 0 saturated heterocycles. The molecule has 2 rings (SSSR count). The van der Waals surface area contributed by atoms with Gasteiger partial charge in [0.05, 0.1) is 6.54 Å². The summed E-state index contributed by atoms with van der Waals surface area (Å²) < 4.78 is 0. The minimum absolute atomic E-state index is 0.0802. The van der Waals surface area contributed by atoms with Crippen molar-refractivity contribution in [3.63, 3.8) is 0 Å². The van der Waals surface area contributed by atoms with Gasteiger partial charge in [0.15, 0.2) is 0 Å². The number of rotatable bonds is 6. The maximum absolute atomic E-state index is 11.7. The molecule has 1 atom stereocenters. The van der Waals surface area contributed by atoms with Crippen LogP contribution in [0.2, 0.25) is 0 Å². The number of hydrogen-bond acceptors (Lipinski definition) is 2. The maximum Gasteiger partial charge on any atom is 0.239 e. The second kappa shape index (κ2) is 6.36. The normalized spacial score (nSPS) is 15.6. The van der Waals surface area contributed by atoms with Crippen LogP contribution in [0.5, 0.6) is 0 Å². The van der Waals surface area contributed by atoms with Crippen LogP contribution < -0.4 is 10.6 Å². The lowest BCUT2D eigenvalue weighted by molar-refractivity contribution is -0.126. The van der Waals surface area contributed by atoms with Crippen molar-refractivity contribution in [3.8, 4) is 0 Å². The van der Waals surface area contributed by atoms with E-state index in [9.17, 15) is 9.59 Å². The molecule has 1 aromatic rings. The maximum atomic E-state index is 11.7. The van der Waals surface area contributed by atoms with Crippen LogP contribution >= 0.6 is 0 Å². The van der Waals surface area contributed by atoms with Crippen molar-refractivity contribution < 1.29 is 9.59 Å². The zero-order valence-corrected chi connectivity index (χ0v) is 11.2. The third-order valence-corrected chi connectivity index (χ3v) is 3.25. The van der Waals surface area contributed by atoms with Crippen molar-refractivity contribution in [2.24, 2.45) is 0 Å². The summed E-state index contributed by atoms with van der Waals surface area (Å²) in [5.41, 5.74) is 1.14. The Bertz CT molecular complexity index is 441. The van der Waals surface area contributed by atoms with Gasteiger partial charge in [-0.1, -0.05) is 37.3 Å². The third kappa shape index (κ3) is 4.73. The second-order valence-corrected chi connectivity index (χ2v) is 5.13. The molecule has 2 amide bonds. The molecule has 0 aromatic heterocycles. The highest BCUT2D eigenvalue weighted by atomic mass is 16.2. The lowest BCUT2D eigenvalue weighted by Crippen LogP contribution is -2.38. The highest BCUT2D eigenvalue weighted by molar-refractivity contribution is 5.85. The Hall–Kier alpha value is -1.84. The average molecular weight is 260 g/mol. The average Bonchev–Trinajstić information content (AvgIpc) is 3.21. The molecular weight excluding hydrogens is 240 g/mol. The topological polar surface area (TPSA) is 58.2 Å². The fourth-order valence-corrected chi connectivity index (χ4v) is 1.93. The fraction of sp³-hybridized carbons (Fsp3) is 0.467. The number of amides is 2. The Morgan fingerprint density at radius 1 is 1.21 bits per heavy atom. The van der Waals surface area contributed by atoms with Crippen molar-refractivity contribution in [1.82, 2.24) is 10.6 Å². The van der Waals surface area contributed by atoms with E-state index < -0.39 is 0 Å². The van der Waals surface area contributed by atoms with Gasteiger partial charge in [0.25, 0.3) is 0 Å². The van der Waals surface area contributed by atoms with Gasteiger partial charge in [0, 0.05) is 12.5 Å². The van der Waals surface area contributed by atoms with E-state index in [1.165, 1.54) is 0 Å². The monoisotopic (exact) mass is 260 g/mol. The second-order valence-electron chi connectivity index (χ2n) is 5.13. The van der Waals surface area contributed by atoms with Crippen LogP contribution in [-0.2, 0) is 9.59 Å². The Morgan fingerprint density at radius 2 is 1.89 bits per heavy atom. The van der Waals surface area contributed by atoms with Gasteiger partial charge >= 0.3 is 0 Å². The summed E-state index contributed by atoms with van der Waals surface area (Å²) >= 11 is 0. The van der Waals surface area contributed by atoms with Crippen LogP contribution in [-0.4, -0.2) is 24.4 Å². The van der Waals surface area contributed by atoms with E-state index in [0.717, 1.165) is 18.4 Å². The van der Waals surface area contributed by atoms with Gasteiger partial charge in [-0.15, -0.1) is 0 Å². The van der Waals surface area contributed by atoms with Gasteiger partial charge in [-0.3, -0.25) is 9.59 Å². The summed E-state index contributed by atoms with van der Waals surface area (Å²) in [6, 6.07) is 10.3. The lowest BCUT2D eigenvalue weighted by atomic mass is 9.98. The standard InChI is InChI=1S/C15H20N2O2/c1-11(12-5-3-2-4-6-12)9-14(18)16-10-15(19)17-13-7-8-13/h2-6,11,13H,7-10H2,1H3,(H,16,18)(H,17,19). The highest BCUT2D eigenvalue weighted by Crippen LogP contribution is 2.19. The number of benzene rings is 1. The van der Waals surface area contributed by atoms with Gasteiger partial charge in [-0.25, -0.2) is 0 Å². The SMILES string of the molecule is CC(CC(=O)NCC(=O)NC1CC1)c1ccccc1. The molecule has 0 radical (unpaired) electrons. The molecule has 1 fully saturated rings. The molecule has 4 heteroatoms. The molecule has 1 unspecified atom stereocenters. The summed E-state index contributed by atoms with van der Waals surface area (Å²) in [7, 11) is 0. The first kappa shape index (κ1) is 13.6. The van der Waals surface area contributed by atoms with Gasteiger partial charge < -0.3 is 10.6 Å². The number of hydrogen-bond donors (Lipinski definition) is 2. The molecule has 0 spiro atoms. The molecular formula is C15H20N2O2. The molecule has 1 aromatic carbocycles. The predicted molar refractivity (Wildman–Crippen MR) is 73.6 cm³/mol. The summed E-state index contributed by atoms with van der Waals surface area (Å²) in [5.74, 6) is -0.0155. The van der Waals surface area contributed by atoms with Crippen LogP contribution in [0.4, 0.5) is 0 Å². The Morgan fingerprint density at radius 3 is 2.53 bits per heavy atom. The van der Waals surface area contributed by atoms with Crippen LogP contribution in [0, 0.1) is 0 Å². The minimum Gasteiger partial charge on any atom is -0.352 e. The molecule has 2 N–H and O–H groups in total. The molecule has 19 heavy (non-hydrogen) atoms. The van der Waals surface area contributed by atoms with E-state index in [-0.39, 0.29) is 24.3 Å². The zero-order valence-electron chi connectivity index (χ0n) is 11.2. The first-order valence-corrected chi connectivity index (χ1v) is 6.76. The van der Waals surface area contributed by atoms with Crippen LogP contribution in [0.25, 0.3) is 0 Å². The van der Waals surface area contributed by atoms with Gasteiger partial charge in [0.2, 0.25) is 11.8 Å². The van der Waals surface area contributed by atoms with Crippen LogP contribution in [0.1, 0.15) is 37.7 Å². The van der Waals surface area contributed by atoms with Crippen molar-refractivity contribution in [3.05, 3.63) is 35.9 Å². The van der Waals surface area contributed by atoms with Gasteiger partial charge in [-0.05, 0) is 24.3 Å². The van der Waals surface area contributed by atoms with E-state index in [1.54, 1.807) is 0 Å². The van der Waals surface area contributed by atoms with E-state index >= 15 is 0 Å². The third-order valence-electron chi connectivity index (χ3n) is 3.25. The summed E-state index contributed by atoms with van der Waals surface area (Å²) in [6.45, 7) is 2.09. The molecule has 102 valence electrons. The van der Waals surface area contributed by atoms with Crippen molar-refractivity contribution in [2.45, 2.75) is 38.1 Å². The minimum atomic E-state index is -0.0942. The van der Waals surface area contributed by atoms with Crippen molar-refractivity contribution in [1.29, 1.82) is 0 Å². The quantitative estimate of drug-likeness (QED) is 0.815. The van der Waals surface area contributed by atoms with Crippen molar-refractivity contribution >= 4 is 11.8 Å². The van der Waals surface area contributed by atoms with E-state index in [0.29, 0.717) is 12.5 Å². The molecule has 1 aliphatic rings. The predicted octanol–water partition coefficient (Wildman–Crippen LogP) is 1.57. The smallest absolute Gasteiger partial charge is 0.239 e. The van der Waals surface area contributed by atoms with E-state index in [4.69, 9.17) is 0 Å². The molecule has 4 nitrogen and oxygen atoms in total. The molecule has 0 bridgehead atoms. The van der Waals surface area contributed by atoms with Crippen LogP contribution in [0.15, 0.2) is 30.3 Å². The molecule has 0 heterocycles. The lowest BCUT2D eigenvalue weighted by Gasteiger charge is -2.12. The number of carbonyl (C=O) groups is 2. The van der Waals surface area contributed by atoms with Gasteiger partial charge in [-0.2, -0.15) is 0 Å². The zero-order chi connectivity index (χ0) is 13.7. The van der Waals surface area contributed by atoms with Gasteiger partial charge in [0.1, 0.15) is 0 Å². The van der Waals surface area contributed by atoms with Crippen LogP contribution in [0.3, 0.4) is 0 Å².